The van der Waals surface area contributed by atoms with Gasteiger partial charge in [0, 0.05) is 36.4 Å². The monoisotopic (exact) mass is 252 g/mol. The molecule has 0 unspecified atom stereocenters. The van der Waals surface area contributed by atoms with Gasteiger partial charge < -0.3 is 10.6 Å². The second-order valence-electron chi connectivity index (χ2n) is 4.97. The molecule has 0 atom stereocenters. The highest BCUT2D eigenvalue weighted by Gasteiger charge is 2.18. The van der Waals surface area contributed by atoms with Crippen molar-refractivity contribution in [2.75, 3.05) is 18.5 Å². The van der Waals surface area contributed by atoms with E-state index in [1.807, 2.05) is 12.1 Å². The van der Waals surface area contributed by atoms with Crippen LogP contribution in [0.15, 0.2) is 18.2 Å². The van der Waals surface area contributed by atoms with Crippen LogP contribution in [-0.2, 0) is 6.54 Å². The van der Waals surface area contributed by atoms with E-state index < -0.39 is 0 Å². The van der Waals surface area contributed by atoms with Crippen molar-refractivity contribution in [2.45, 2.75) is 32.2 Å². The Labute approximate surface area is 109 Å². The van der Waals surface area contributed by atoms with Gasteiger partial charge in [-0.1, -0.05) is 30.5 Å². The van der Waals surface area contributed by atoms with Crippen LogP contribution in [0.1, 0.15) is 31.2 Å². The van der Waals surface area contributed by atoms with Crippen molar-refractivity contribution >= 4 is 17.3 Å². The number of nitrogens with two attached hydrogens (primary N) is 1. The molecule has 1 aliphatic rings. The maximum absolute atomic E-state index is 6.18. The first-order valence-electron chi connectivity index (χ1n) is 6.41. The van der Waals surface area contributed by atoms with Crippen LogP contribution < -0.4 is 10.6 Å². The summed E-state index contributed by atoms with van der Waals surface area (Å²) in [5.41, 5.74) is 8.04. The summed E-state index contributed by atoms with van der Waals surface area (Å²) in [6.45, 7) is 1.62. The van der Waals surface area contributed by atoms with Crippen LogP contribution in [-0.4, -0.2) is 13.6 Å². The number of rotatable bonds is 4. The van der Waals surface area contributed by atoms with Crippen molar-refractivity contribution in [3.05, 3.63) is 28.8 Å². The van der Waals surface area contributed by atoms with Gasteiger partial charge >= 0.3 is 0 Å². The zero-order chi connectivity index (χ0) is 12.3. The molecular formula is C14H21ClN2. The van der Waals surface area contributed by atoms with Gasteiger partial charge in [0.1, 0.15) is 0 Å². The quantitative estimate of drug-likeness (QED) is 0.890. The summed E-state index contributed by atoms with van der Waals surface area (Å²) >= 11 is 6.18. The van der Waals surface area contributed by atoms with Gasteiger partial charge in [0.15, 0.2) is 0 Å². The average molecular weight is 253 g/mol. The van der Waals surface area contributed by atoms with Crippen molar-refractivity contribution in [3.8, 4) is 0 Å². The summed E-state index contributed by atoms with van der Waals surface area (Å²) in [5, 5.41) is 0.781. The lowest BCUT2D eigenvalue weighted by atomic mass is 10.1. The molecule has 1 aromatic rings. The summed E-state index contributed by atoms with van der Waals surface area (Å²) in [5.74, 6) is 0.838. The van der Waals surface area contributed by atoms with E-state index in [4.69, 9.17) is 17.3 Å². The van der Waals surface area contributed by atoms with Gasteiger partial charge in [-0.05, 0) is 30.9 Å². The number of benzene rings is 1. The molecule has 17 heavy (non-hydrogen) atoms. The van der Waals surface area contributed by atoms with Crippen molar-refractivity contribution in [1.82, 2.24) is 0 Å². The molecule has 2 nitrogen and oxygen atoms in total. The smallest absolute Gasteiger partial charge is 0.0471 e. The second kappa shape index (κ2) is 5.74. The first-order chi connectivity index (χ1) is 8.22. The zero-order valence-electron chi connectivity index (χ0n) is 10.5. The lowest BCUT2D eigenvalue weighted by Gasteiger charge is -2.25. The molecule has 2 rings (SSSR count). The van der Waals surface area contributed by atoms with Crippen molar-refractivity contribution in [3.63, 3.8) is 0 Å². The highest BCUT2D eigenvalue weighted by Crippen LogP contribution is 2.30. The van der Waals surface area contributed by atoms with Crippen molar-refractivity contribution < 1.29 is 0 Å². The van der Waals surface area contributed by atoms with Gasteiger partial charge in [-0.3, -0.25) is 0 Å². The van der Waals surface area contributed by atoms with Crippen LogP contribution in [0, 0.1) is 5.92 Å². The Balaban J connectivity index is 2.12. The Kier molecular flexibility index (Phi) is 4.30. The predicted molar refractivity (Wildman–Crippen MR) is 74.6 cm³/mol. The van der Waals surface area contributed by atoms with E-state index in [-0.39, 0.29) is 0 Å². The number of anilines is 1. The molecule has 1 fully saturated rings. The topological polar surface area (TPSA) is 29.3 Å². The SMILES string of the molecule is CN(CC1CCCC1)c1cccc(Cl)c1CN. The minimum atomic E-state index is 0.504. The summed E-state index contributed by atoms with van der Waals surface area (Å²) in [4.78, 5) is 2.31. The molecule has 0 heterocycles. The van der Waals surface area contributed by atoms with Crippen molar-refractivity contribution in [2.24, 2.45) is 11.7 Å². The van der Waals surface area contributed by atoms with E-state index in [0.29, 0.717) is 6.54 Å². The number of hydrogen-bond acceptors (Lipinski definition) is 2. The third-order valence-corrected chi connectivity index (χ3v) is 4.07. The molecule has 0 bridgehead atoms. The standard InChI is InChI=1S/C14H21ClN2/c1-17(10-11-5-2-3-6-11)14-8-4-7-13(15)12(14)9-16/h4,7-8,11H,2-3,5-6,9-10,16H2,1H3. The molecule has 3 heteroatoms. The molecule has 0 radical (unpaired) electrons. The number of nitrogens with zero attached hydrogens (tertiary/aromatic N) is 1. The molecule has 94 valence electrons. The molecule has 0 amide bonds. The van der Waals surface area contributed by atoms with Crippen LogP contribution in [0.4, 0.5) is 5.69 Å². The fourth-order valence-corrected chi connectivity index (χ4v) is 3.03. The van der Waals surface area contributed by atoms with Gasteiger partial charge in [-0.2, -0.15) is 0 Å². The Morgan fingerprint density at radius 1 is 1.35 bits per heavy atom. The highest BCUT2D eigenvalue weighted by molar-refractivity contribution is 6.31. The normalized spacial score (nSPS) is 16.4. The zero-order valence-corrected chi connectivity index (χ0v) is 11.2. The summed E-state index contributed by atoms with van der Waals surface area (Å²) < 4.78 is 0. The fraction of sp³-hybridized carbons (Fsp3) is 0.571. The summed E-state index contributed by atoms with van der Waals surface area (Å²) in [7, 11) is 2.14. The summed E-state index contributed by atoms with van der Waals surface area (Å²) in [6, 6.07) is 6.03. The maximum Gasteiger partial charge on any atom is 0.0471 e. The van der Waals surface area contributed by atoms with Gasteiger partial charge in [0.25, 0.3) is 0 Å². The number of halogens is 1. The molecule has 0 spiro atoms. The van der Waals surface area contributed by atoms with E-state index in [1.165, 1.54) is 31.4 Å². The Morgan fingerprint density at radius 3 is 2.71 bits per heavy atom. The first-order valence-corrected chi connectivity index (χ1v) is 6.78. The van der Waals surface area contributed by atoms with Gasteiger partial charge in [-0.25, -0.2) is 0 Å². The van der Waals surface area contributed by atoms with Crippen LogP contribution in [0.2, 0.25) is 5.02 Å². The van der Waals surface area contributed by atoms with Gasteiger partial charge in [-0.15, -0.1) is 0 Å². The second-order valence-corrected chi connectivity index (χ2v) is 5.38. The lowest BCUT2D eigenvalue weighted by molar-refractivity contribution is 0.546. The predicted octanol–water partition coefficient (Wildman–Crippen LogP) is 3.43. The molecule has 1 aromatic carbocycles. The molecule has 1 saturated carbocycles. The maximum atomic E-state index is 6.18. The lowest BCUT2D eigenvalue weighted by Crippen LogP contribution is -2.25. The Morgan fingerprint density at radius 2 is 2.06 bits per heavy atom. The fourth-order valence-electron chi connectivity index (χ4n) is 2.79. The molecule has 0 saturated heterocycles. The van der Waals surface area contributed by atoms with E-state index in [0.717, 1.165) is 23.0 Å². The number of hydrogen-bond donors (Lipinski definition) is 1. The van der Waals surface area contributed by atoms with Crippen molar-refractivity contribution in [1.29, 1.82) is 0 Å². The van der Waals surface area contributed by atoms with E-state index in [2.05, 4.69) is 18.0 Å². The van der Waals surface area contributed by atoms with E-state index in [9.17, 15) is 0 Å². The largest absolute Gasteiger partial charge is 0.374 e. The minimum absolute atomic E-state index is 0.504. The first kappa shape index (κ1) is 12.7. The van der Waals surface area contributed by atoms with Gasteiger partial charge in [0.2, 0.25) is 0 Å². The molecule has 0 aliphatic heterocycles. The van der Waals surface area contributed by atoms with Crippen LogP contribution >= 0.6 is 11.6 Å². The van der Waals surface area contributed by atoms with Crippen LogP contribution in [0.3, 0.4) is 0 Å². The Hall–Kier alpha value is -0.730. The molecular weight excluding hydrogens is 232 g/mol. The van der Waals surface area contributed by atoms with Gasteiger partial charge in [0.05, 0.1) is 0 Å². The molecule has 0 aromatic heterocycles. The van der Waals surface area contributed by atoms with Crippen LogP contribution in [0.5, 0.6) is 0 Å². The third kappa shape index (κ3) is 2.93. The third-order valence-electron chi connectivity index (χ3n) is 3.72. The van der Waals surface area contributed by atoms with E-state index >= 15 is 0 Å². The van der Waals surface area contributed by atoms with Crippen LogP contribution in [0.25, 0.3) is 0 Å². The molecule has 2 N–H and O–H groups in total. The summed E-state index contributed by atoms with van der Waals surface area (Å²) in [6.07, 6.45) is 5.50. The minimum Gasteiger partial charge on any atom is -0.374 e. The molecule has 1 aliphatic carbocycles. The van der Waals surface area contributed by atoms with E-state index in [1.54, 1.807) is 0 Å². The average Bonchev–Trinajstić information content (AvgIpc) is 2.81. The highest BCUT2D eigenvalue weighted by atomic mass is 35.5. The Bertz CT molecular complexity index is 372.